The quantitative estimate of drug-likeness (QED) is 0.868. The van der Waals surface area contributed by atoms with Crippen molar-refractivity contribution < 1.29 is 4.79 Å². The lowest BCUT2D eigenvalue weighted by Gasteiger charge is -2.27. The van der Waals surface area contributed by atoms with Crippen molar-refractivity contribution in [2.24, 2.45) is 0 Å². The van der Waals surface area contributed by atoms with Crippen molar-refractivity contribution in [2.45, 2.75) is 4.87 Å². The fourth-order valence-corrected chi connectivity index (χ4v) is 3.68. The molecule has 1 aliphatic rings. The predicted octanol–water partition coefficient (Wildman–Crippen LogP) is 3.06. The van der Waals surface area contributed by atoms with Crippen LogP contribution in [0, 0.1) is 0 Å². The highest BCUT2D eigenvalue weighted by Crippen LogP contribution is 2.40. The molecule has 1 heterocycles. The van der Waals surface area contributed by atoms with E-state index in [0.29, 0.717) is 0 Å². The lowest BCUT2D eigenvalue weighted by atomic mass is 9.96. The van der Waals surface area contributed by atoms with Crippen molar-refractivity contribution >= 4 is 17.5 Å². The zero-order valence-corrected chi connectivity index (χ0v) is 11.3. The van der Waals surface area contributed by atoms with Gasteiger partial charge in [-0.15, -0.1) is 11.8 Å². The van der Waals surface area contributed by atoms with E-state index in [-0.39, 0.29) is 5.78 Å². The third-order valence-corrected chi connectivity index (χ3v) is 4.74. The molecule has 0 radical (unpaired) electrons. The highest BCUT2D eigenvalue weighted by molar-refractivity contribution is 8.01. The van der Waals surface area contributed by atoms with Gasteiger partial charge in [0.05, 0.1) is 0 Å². The van der Waals surface area contributed by atoms with E-state index in [1.54, 1.807) is 11.8 Å². The molecule has 2 aromatic carbocycles. The molecule has 96 valence electrons. The Balaban J connectivity index is 2.05. The van der Waals surface area contributed by atoms with Gasteiger partial charge in [0.2, 0.25) is 0 Å². The molecule has 0 spiro atoms. The Morgan fingerprint density at radius 2 is 1.63 bits per heavy atom. The maximum atomic E-state index is 12.9. The summed E-state index contributed by atoms with van der Waals surface area (Å²) in [6.45, 7) is 0.859. The summed E-state index contributed by atoms with van der Waals surface area (Å²) in [4.78, 5) is 12.3. The van der Waals surface area contributed by atoms with Gasteiger partial charge in [0, 0.05) is 17.9 Å². The second kappa shape index (κ2) is 5.19. The fourth-order valence-electron chi connectivity index (χ4n) is 2.41. The minimum atomic E-state index is -0.622. The van der Waals surface area contributed by atoms with Gasteiger partial charge in [0.25, 0.3) is 0 Å². The number of benzene rings is 2. The molecule has 0 aliphatic carbocycles. The molecule has 3 rings (SSSR count). The molecule has 1 atom stereocenters. The number of hydrogen-bond acceptors (Lipinski definition) is 3. The maximum Gasteiger partial charge on any atom is 0.197 e. The van der Waals surface area contributed by atoms with Crippen molar-refractivity contribution in [1.29, 1.82) is 0 Å². The number of thioether (sulfide) groups is 1. The standard InChI is InChI=1S/C16H15NOS/c18-15(13-7-3-1-4-8-13)16(17-11-12-19-16)14-9-5-2-6-10-14/h1-10,17H,11-12H2/t16-/m0/s1. The summed E-state index contributed by atoms with van der Waals surface area (Å²) < 4.78 is 0. The Kier molecular flexibility index (Phi) is 3.40. The largest absolute Gasteiger partial charge is 0.292 e. The van der Waals surface area contributed by atoms with Crippen LogP contribution in [0.3, 0.4) is 0 Å². The van der Waals surface area contributed by atoms with Crippen LogP contribution in [0.2, 0.25) is 0 Å². The number of ketones is 1. The maximum absolute atomic E-state index is 12.9. The molecular weight excluding hydrogens is 254 g/mol. The molecule has 0 amide bonds. The minimum absolute atomic E-state index is 0.141. The van der Waals surface area contributed by atoms with Crippen molar-refractivity contribution in [3.8, 4) is 0 Å². The van der Waals surface area contributed by atoms with Crippen molar-refractivity contribution in [3.63, 3.8) is 0 Å². The van der Waals surface area contributed by atoms with Crippen LogP contribution in [0.4, 0.5) is 0 Å². The first-order valence-electron chi connectivity index (χ1n) is 6.37. The normalized spacial score (nSPS) is 22.3. The van der Waals surface area contributed by atoms with E-state index in [9.17, 15) is 4.79 Å². The van der Waals surface area contributed by atoms with Gasteiger partial charge in [0.1, 0.15) is 0 Å². The Labute approximate surface area is 117 Å². The highest BCUT2D eigenvalue weighted by atomic mass is 32.2. The molecule has 0 aromatic heterocycles. The summed E-state index contributed by atoms with van der Waals surface area (Å²) in [5.74, 6) is 1.09. The molecule has 3 heteroatoms. The second-order valence-electron chi connectivity index (χ2n) is 4.52. The Morgan fingerprint density at radius 3 is 2.21 bits per heavy atom. The molecule has 2 aromatic rings. The van der Waals surface area contributed by atoms with Crippen LogP contribution in [0.1, 0.15) is 15.9 Å². The monoisotopic (exact) mass is 269 g/mol. The van der Waals surface area contributed by atoms with E-state index in [4.69, 9.17) is 0 Å². The van der Waals surface area contributed by atoms with Crippen molar-refractivity contribution in [2.75, 3.05) is 12.3 Å². The second-order valence-corrected chi connectivity index (χ2v) is 5.83. The number of Topliss-reactive ketones (excluding diaryl/α,β-unsaturated/α-hetero) is 1. The summed E-state index contributed by atoms with van der Waals surface area (Å²) in [6.07, 6.45) is 0. The number of rotatable bonds is 3. The van der Waals surface area contributed by atoms with E-state index in [1.165, 1.54) is 0 Å². The first-order valence-corrected chi connectivity index (χ1v) is 7.36. The van der Waals surface area contributed by atoms with Gasteiger partial charge < -0.3 is 0 Å². The molecule has 1 fully saturated rings. The predicted molar refractivity (Wildman–Crippen MR) is 79.4 cm³/mol. The summed E-state index contributed by atoms with van der Waals surface area (Å²) in [7, 11) is 0. The summed E-state index contributed by atoms with van der Waals surface area (Å²) in [5.41, 5.74) is 1.79. The Bertz CT molecular complexity index is 562. The molecule has 1 aliphatic heterocycles. The smallest absolute Gasteiger partial charge is 0.197 e. The van der Waals surface area contributed by atoms with Crippen LogP contribution in [0.25, 0.3) is 0 Å². The molecule has 19 heavy (non-hydrogen) atoms. The first kappa shape index (κ1) is 12.5. The number of carbonyl (C=O) groups is 1. The fraction of sp³-hybridized carbons (Fsp3) is 0.188. The van der Waals surface area contributed by atoms with Gasteiger partial charge >= 0.3 is 0 Å². The number of nitrogens with one attached hydrogen (secondary N) is 1. The first-order chi connectivity index (χ1) is 9.33. The summed E-state index contributed by atoms with van der Waals surface area (Å²) in [5, 5.41) is 3.40. The average Bonchev–Trinajstić information content (AvgIpc) is 2.99. The molecule has 0 bridgehead atoms. The highest BCUT2D eigenvalue weighted by Gasteiger charge is 2.43. The van der Waals surface area contributed by atoms with Gasteiger partial charge in [0.15, 0.2) is 10.7 Å². The van der Waals surface area contributed by atoms with Crippen LogP contribution < -0.4 is 5.32 Å². The SMILES string of the molecule is O=C(c1ccccc1)[C@@]1(c2ccccc2)NCCS1. The van der Waals surface area contributed by atoms with Crippen LogP contribution in [0.5, 0.6) is 0 Å². The molecule has 0 saturated carbocycles. The number of carbonyl (C=O) groups excluding carboxylic acids is 1. The summed E-state index contributed by atoms with van der Waals surface area (Å²) in [6, 6.07) is 19.5. The molecular formula is C16H15NOS. The van der Waals surface area contributed by atoms with Crippen LogP contribution in [-0.2, 0) is 4.87 Å². The van der Waals surface area contributed by atoms with Gasteiger partial charge in [-0.3, -0.25) is 10.1 Å². The third-order valence-electron chi connectivity index (χ3n) is 3.33. The lowest BCUT2D eigenvalue weighted by Crippen LogP contribution is -2.42. The van der Waals surface area contributed by atoms with Crippen LogP contribution >= 0.6 is 11.8 Å². The molecule has 2 nitrogen and oxygen atoms in total. The molecule has 0 unspecified atom stereocenters. The Hall–Kier alpha value is -1.58. The minimum Gasteiger partial charge on any atom is -0.292 e. The topological polar surface area (TPSA) is 29.1 Å². The van der Waals surface area contributed by atoms with E-state index >= 15 is 0 Å². The van der Waals surface area contributed by atoms with Crippen molar-refractivity contribution in [3.05, 3.63) is 71.8 Å². The zero-order valence-electron chi connectivity index (χ0n) is 10.5. The van der Waals surface area contributed by atoms with Crippen LogP contribution in [0.15, 0.2) is 60.7 Å². The van der Waals surface area contributed by atoms with Gasteiger partial charge in [-0.1, -0.05) is 60.7 Å². The van der Waals surface area contributed by atoms with Gasteiger partial charge in [-0.2, -0.15) is 0 Å². The molecule has 1 saturated heterocycles. The van der Waals surface area contributed by atoms with Crippen LogP contribution in [-0.4, -0.2) is 18.1 Å². The molecule has 1 N–H and O–H groups in total. The van der Waals surface area contributed by atoms with E-state index < -0.39 is 4.87 Å². The van der Waals surface area contributed by atoms with Gasteiger partial charge in [-0.05, 0) is 5.56 Å². The average molecular weight is 269 g/mol. The zero-order chi connectivity index (χ0) is 13.1. The van der Waals surface area contributed by atoms with E-state index in [1.807, 2.05) is 60.7 Å². The third kappa shape index (κ3) is 2.20. The van der Waals surface area contributed by atoms with E-state index in [0.717, 1.165) is 23.4 Å². The van der Waals surface area contributed by atoms with Crippen molar-refractivity contribution in [1.82, 2.24) is 5.32 Å². The van der Waals surface area contributed by atoms with Gasteiger partial charge in [-0.25, -0.2) is 0 Å². The Morgan fingerprint density at radius 1 is 1.00 bits per heavy atom. The lowest BCUT2D eigenvalue weighted by molar-refractivity contribution is 0.0927. The van der Waals surface area contributed by atoms with E-state index in [2.05, 4.69) is 5.32 Å². The number of hydrogen-bond donors (Lipinski definition) is 1. The summed E-state index contributed by atoms with van der Waals surface area (Å²) >= 11 is 1.69.